The number of amides is 1. The van der Waals surface area contributed by atoms with E-state index >= 15 is 0 Å². The highest BCUT2D eigenvalue weighted by molar-refractivity contribution is 5.99. The number of esters is 1. The van der Waals surface area contributed by atoms with Crippen LogP contribution in [0.25, 0.3) is 11.0 Å². The van der Waals surface area contributed by atoms with E-state index < -0.39 is 17.7 Å². The Bertz CT molecular complexity index is 662. The van der Waals surface area contributed by atoms with Gasteiger partial charge in [0.05, 0.1) is 6.61 Å². The summed E-state index contributed by atoms with van der Waals surface area (Å²) in [6.07, 6.45) is 0. The molecule has 1 heterocycles. The third-order valence-electron chi connectivity index (χ3n) is 2.80. The Hall–Kier alpha value is -2.37. The molecule has 0 fully saturated rings. The zero-order valence-corrected chi connectivity index (χ0v) is 11.2. The molecule has 1 aromatic carbocycles. The summed E-state index contributed by atoms with van der Waals surface area (Å²) in [7, 11) is 0. The first-order valence-corrected chi connectivity index (χ1v) is 6.15. The van der Waals surface area contributed by atoms with Crippen molar-refractivity contribution in [1.29, 1.82) is 0 Å². The molecule has 0 unspecified atom stereocenters. The van der Waals surface area contributed by atoms with E-state index in [1.165, 1.54) is 18.2 Å². The van der Waals surface area contributed by atoms with E-state index in [1.807, 2.05) is 0 Å². The van der Waals surface area contributed by atoms with Crippen LogP contribution in [0.5, 0.6) is 0 Å². The minimum atomic E-state index is -0.535. The maximum absolute atomic E-state index is 13.2. The fourth-order valence-electron chi connectivity index (χ4n) is 1.85. The number of hydrogen-bond acceptors (Lipinski definition) is 4. The summed E-state index contributed by atoms with van der Waals surface area (Å²) in [5.74, 6) is -1.40. The van der Waals surface area contributed by atoms with Gasteiger partial charge in [0, 0.05) is 10.9 Å². The minimum Gasteiger partial charge on any atom is -0.465 e. The molecule has 0 aliphatic heterocycles. The molecule has 0 atom stereocenters. The molecule has 106 valence electrons. The fraction of sp³-hybridized carbons (Fsp3) is 0.286. The lowest BCUT2D eigenvalue weighted by Gasteiger charge is -2.03. The van der Waals surface area contributed by atoms with Crippen molar-refractivity contribution in [3.8, 4) is 0 Å². The lowest BCUT2D eigenvalue weighted by molar-refractivity contribution is -0.141. The van der Waals surface area contributed by atoms with E-state index in [0.717, 1.165) is 0 Å². The normalized spacial score (nSPS) is 10.6. The number of rotatable bonds is 4. The van der Waals surface area contributed by atoms with Gasteiger partial charge in [-0.1, -0.05) is 0 Å². The Morgan fingerprint density at radius 1 is 1.40 bits per heavy atom. The lowest BCUT2D eigenvalue weighted by atomic mass is 10.1. The van der Waals surface area contributed by atoms with Crippen molar-refractivity contribution < 1.29 is 23.1 Å². The first-order chi connectivity index (χ1) is 9.52. The van der Waals surface area contributed by atoms with Crippen molar-refractivity contribution in [2.75, 3.05) is 13.2 Å². The van der Waals surface area contributed by atoms with Crippen molar-refractivity contribution in [2.24, 2.45) is 0 Å². The quantitative estimate of drug-likeness (QED) is 0.871. The third-order valence-corrected chi connectivity index (χ3v) is 2.80. The minimum absolute atomic E-state index is 0.0647. The predicted octanol–water partition coefficient (Wildman–Crippen LogP) is 2.17. The van der Waals surface area contributed by atoms with Crippen LogP contribution < -0.4 is 5.32 Å². The van der Waals surface area contributed by atoms with Crippen LogP contribution in [-0.2, 0) is 9.53 Å². The molecular weight excluding hydrogens is 265 g/mol. The summed E-state index contributed by atoms with van der Waals surface area (Å²) in [6.45, 7) is 3.34. The van der Waals surface area contributed by atoms with Gasteiger partial charge in [-0.25, -0.2) is 4.39 Å². The molecule has 0 spiro atoms. The molecule has 0 bridgehead atoms. The average molecular weight is 279 g/mol. The molecule has 1 aromatic heterocycles. The van der Waals surface area contributed by atoms with Gasteiger partial charge in [-0.05, 0) is 32.0 Å². The highest BCUT2D eigenvalue weighted by atomic mass is 19.1. The van der Waals surface area contributed by atoms with Gasteiger partial charge < -0.3 is 14.5 Å². The van der Waals surface area contributed by atoms with Crippen LogP contribution >= 0.6 is 0 Å². The van der Waals surface area contributed by atoms with E-state index in [2.05, 4.69) is 5.32 Å². The number of nitrogens with one attached hydrogen (secondary N) is 1. The number of benzene rings is 1. The third kappa shape index (κ3) is 2.79. The predicted molar refractivity (Wildman–Crippen MR) is 69.9 cm³/mol. The SMILES string of the molecule is CCOC(=O)CNC(=O)c1oc2ccc(F)cc2c1C. The van der Waals surface area contributed by atoms with Gasteiger partial charge in [0.25, 0.3) is 5.91 Å². The van der Waals surface area contributed by atoms with Gasteiger partial charge in [-0.3, -0.25) is 9.59 Å². The van der Waals surface area contributed by atoms with Crippen LogP contribution in [0.4, 0.5) is 4.39 Å². The lowest BCUT2D eigenvalue weighted by Crippen LogP contribution is -2.30. The maximum Gasteiger partial charge on any atom is 0.325 e. The number of hydrogen-bond donors (Lipinski definition) is 1. The van der Waals surface area contributed by atoms with Gasteiger partial charge in [-0.2, -0.15) is 0 Å². The van der Waals surface area contributed by atoms with E-state index in [9.17, 15) is 14.0 Å². The smallest absolute Gasteiger partial charge is 0.325 e. The van der Waals surface area contributed by atoms with Gasteiger partial charge >= 0.3 is 5.97 Å². The van der Waals surface area contributed by atoms with E-state index in [-0.39, 0.29) is 18.9 Å². The first-order valence-electron chi connectivity index (χ1n) is 6.15. The largest absolute Gasteiger partial charge is 0.465 e. The second-order valence-corrected chi connectivity index (χ2v) is 4.18. The molecule has 0 aliphatic carbocycles. The molecule has 2 aromatic rings. The van der Waals surface area contributed by atoms with Crippen molar-refractivity contribution >= 4 is 22.8 Å². The number of carbonyl (C=O) groups excluding carboxylic acids is 2. The van der Waals surface area contributed by atoms with Crippen LogP contribution in [0.1, 0.15) is 23.0 Å². The molecule has 1 amide bonds. The van der Waals surface area contributed by atoms with Crippen molar-refractivity contribution in [3.05, 3.63) is 35.3 Å². The molecule has 0 radical (unpaired) electrons. The summed E-state index contributed by atoms with van der Waals surface area (Å²) in [4.78, 5) is 23.1. The number of ether oxygens (including phenoxy) is 1. The summed E-state index contributed by atoms with van der Waals surface area (Å²) >= 11 is 0. The highest BCUT2D eigenvalue weighted by Crippen LogP contribution is 2.25. The van der Waals surface area contributed by atoms with Crippen LogP contribution in [0.2, 0.25) is 0 Å². The molecule has 6 heteroatoms. The molecule has 2 rings (SSSR count). The molecule has 20 heavy (non-hydrogen) atoms. The molecule has 0 saturated heterocycles. The Morgan fingerprint density at radius 2 is 2.15 bits per heavy atom. The Kier molecular flexibility index (Phi) is 4.02. The van der Waals surface area contributed by atoms with Gasteiger partial charge in [0.1, 0.15) is 17.9 Å². The average Bonchev–Trinajstić information content (AvgIpc) is 2.74. The Balaban J connectivity index is 2.18. The van der Waals surface area contributed by atoms with Crippen molar-refractivity contribution in [2.45, 2.75) is 13.8 Å². The molecule has 0 saturated carbocycles. The summed E-state index contributed by atoms with van der Waals surface area (Å²) in [6, 6.07) is 4.02. The van der Waals surface area contributed by atoms with Gasteiger partial charge in [0.2, 0.25) is 0 Å². The number of furan rings is 1. The first kappa shape index (κ1) is 14.0. The Morgan fingerprint density at radius 3 is 2.85 bits per heavy atom. The van der Waals surface area contributed by atoms with E-state index in [0.29, 0.717) is 16.5 Å². The van der Waals surface area contributed by atoms with Crippen molar-refractivity contribution in [1.82, 2.24) is 5.32 Å². The highest BCUT2D eigenvalue weighted by Gasteiger charge is 2.18. The van der Waals surface area contributed by atoms with Crippen LogP contribution in [0, 0.1) is 12.7 Å². The fourth-order valence-corrected chi connectivity index (χ4v) is 1.85. The van der Waals surface area contributed by atoms with E-state index in [4.69, 9.17) is 9.15 Å². The summed E-state index contributed by atoms with van der Waals surface area (Å²) in [5.41, 5.74) is 0.950. The molecule has 1 N–H and O–H groups in total. The second kappa shape index (κ2) is 5.73. The number of halogens is 1. The zero-order chi connectivity index (χ0) is 14.7. The summed E-state index contributed by atoms with van der Waals surface area (Å²) in [5, 5.41) is 2.93. The van der Waals surface area contributed by atoms with Crippen LogP contribution in [0.3, 0.4) is 0 Å². The monoisotopic (exact) mass is 279 g/mol. The molecule has 0 aliphatic rings. The van der Waals surface area contributed by atoms with E-state index in [1.54, 1.807) is 13.8 Å². The second-order valence-electron chi connectivity index (χ2n) is 4.18. The van der Waals surface area contributed by atoms with Crippen LogP contribution in [0.15, 0.2) is 22.6 Å². The number of fused-ring (bicyclic) bond motifs is 1. The molecular formula is C14H14FNO4. The van der Waals surface area contributed by atoms with Crippen LogP contribution in [-0.4, -0.2) is 25.0 Å². The standard InChI is InChI=1S/C14H14FNO4/c1-3-19-12(17)7-16-14(18)13-8(2)10-6-9(15)4-5-11(10)20-13/h4-6H,3,7H2,1-2H3,(H,16,18). The van der Waals surface area contributed by atoms with Gasteiger partial charge in [0.15, 0.2) is 5.76 Å². The molecule has 5 nitrogen and oxygen atoms in total. The number of carbonyl (C=O) groups is 2. The van der Waals surface area contributed by atoms with Crippen molar-refractivity contribution in [3.63, 3.8) is 0 Å². The summed E-state index contributed by atoms with van der Waals surface area (Å²) < 4.78 is 23.2. The zero-order valence-electron chi connectivity index (χ0n) is 11.2. The number of aryl methyl sites for hydroxylation is 1. The Labute approximate surface area is 114 Å². The topological polar surface area (TPSA) is 68.5 Å². The van der Waals surface area contributed by atoms with Gasteiger partial charge in [-0.15, -0.1) is 0 Å². The maximum atomic E-state index is 13.2.